The summed E-state index contributed by atoms with van der Waals surface area (Å²) < 4.78 is 51.5. The smallest absolute Gasteiger partial charge is 0.378 e. The molecule has 0 aliphatic rings. The summed E-state index contributed by atoms with van der Waals surface area (Å²) in [6.07, 6.45) is -6.40. The van der Waals surface area contributed by atoms with Gasteiger partial charge in [-0.1, -0.05) is 64.9 Å². The van der Waals surface area contributed by atoms with Crippen LogP contribution in [0, 0.1) is 0 Å². The Morgan fingerprint density at radius 3 is 2.31 bits per heavy atom. The molecule has 180 valence electrons. The predicted molar refractivity (Wildman–Crippen MR) is 113 cm³/mol. The number of nitrogens with zero attached hydrogens (tertiary/aromatic N) is 3. The third kappa shape index (κ3) is 5.04. The average Bonchev–Trinajstić information content (AvgIpc) is 3.50. The van der Waals surface area contributed by atoms with Crippen LogP contribution in [0.2, 0.25) is 0 Å². The fraction of sp³-hybridized carbons (Fsp3) is 0.136. The van der Waals surface area contributed by atoms with Crippen LogP contribution in [0.4, 0.5) is 13.2 Å². The number of hydrogen-bond acceptors (Lipinski definition) is 8. The third-order valence-electron chi connectivity index (χ3n) is 4.81. The van der Waals surface area contributed by atoms with Crippen molar-refractivity contribution < 1.29 is 36.9 Å². The van der Waals surface area contributed by atoms with Gasteiger partial charge in [-0.05, 0) is 5.56 Å². The van der Waals surface area contributed by atoms with Gasteiger partial charge in [0.25, 0.3) is 11.8 Å². The lowest BCUT2D eigenvalue weighted by atomic mass is 10.1. The minimum Gasteiger partial charge on any atom is -0.378 e. The lowest BCUT2D eigenvalue weighted by Gasteiger charge is -2.10. The Bertz CT molecular complexity index is 1350. The first kappa shape index (κ1) is 23.6. The molecule has 1 atom stereocenters. The quantitative estimate of drug-likeness (QED) is 0.359. The molecule has 4 N–H and O–H groups in total. The summed E-state index contributed by atoms with van der Waals surface area (Å²) in [5.74, 6) is -2.93. The monoisotopic (exact) mass is 487 g/mol. The molecule has 0 bridgehead atoms. The molecular formula is C22H16F3N5O5. The number of rotatable bonds is 7. The number of carbonyl (C=O) groups excluding carboxylic acids is 2. The van der Waals surface area contributed by atoms with Crippen LogP contribution in [0.5, 0.6) is 0 Å². The van der Waals surface area contributed by atoms with Crippen molar-refractivity contribution in [3.05, 3.63) is 65.7 Å². The van der Waals surface area contributed by atoms with Crippen LogP contribution >= 0.6 is 0 Å². The number of carbonyl (C=O) groups is 2. The highest BCUT2D eigenvalue weighted by Gasteiger charge is 2.42. The molecule has 0 aliphatic carbocycles. The zero-order valence-corrected chi connectivity index (χ0v) is 17.6. The zero-order valence-electron chi connectivity index (χ0n) is 17.6. The second-order valence-electron chi connectivity index (χ2n) is 7.23. The van der Waals surface area contributed by atoms with E-state index in [0.29, 0.717) is 5.56 Å². The molecule has 0 spiro atoms. The number of primary amides is 1. The van der Waals surface area contributed by atoms with Crippen LogP contribution in [0.3, 0.4) is 0 Å². The van der Waals surface area contributed by atoms with E-state index >= 15 is 0 Å². The Balaban J connectivity index is 1.60. The van der Waals surface area contributed by atoms with Crippen molar-refractivity contribution in [3.63, 3.8) is 0 Å². The standard InChI is InChI=1S/C22H16F3N5O5/c23-22(24,25)15-16(11-4-2-1-3-5-11)29-34-18(15)21-28-19(30-35-21)13-8-6-12(7-9-13)17(32)20(33)27-10-14(26)31/h1-9,17,32H,10H2,(H2,26,31)(H,27,33). The Morgan fingerprint density at radius 2 is 1.69 bits per heavy atom. The normalized spacial score (nSPS) is 12.3. The Hall–Kier alpha value is -4.52. The van der Waals surface area contributed by atoms with Crippen molar-refractivity contribution in [1.82, 2.24) is 20.6 Å². The summed E-state index contributed by atoms with van der Waals surface area (Å²) >= 11 is 0. The van der Waals surface area contributed by atoms with Crippen LogP contribution in [-0.4, -0.2) is 38.8 Å². The van der Waals surface area contributed by atoms with E-state index in [1.54, 1.807) is 18.2 Å². The maximum atomic E-state index is 13.9. The van der Waals surface area contributed by atoms with Gasteiger partial charge in [-0.25, -0.2) is 0 Å². The molecule has 0 saturated carbocycles. The molecule has 0 aliphatic heterocycles. The molecule has 4 rings (SSSR count). The maximum Gasteiger partial charge on any atom is 0.422 e. The number of alkyl halides is 3. The first-order valence-electron chi connectivity index (χ1n) is 9.96. The lowest BCUT2D eigenvalue weighted by Crippen LogP contribution is -2.36. The topological polar surface area (TPSA) is 157 Å². The second kappa shape index (κ2) is 9.38. The van der Waals surface area contributed by atoms with Gasteiger partial charge in [0.2, 0.25) is 17.5 Å². The number of halogens is 3. The van der Waals surface area contributed by atoms with E-state index in [-0.39, 0.29) is 17.0 Å². The van der Waals surface area contributed by atoms with Gasteiger partial charge in [0.1, 0.15) is 11.3 Å². The molecule has 2 aromatic heterocycles. The molecule has 2 heterocycles. The zero-order chi connectivity index (χ0) is 25.2. The number of aliphatic hydroxyl groups is 1. The van der Waals surface area contributed by atoms with Gasteiger partial charge in [0.15, 0.2) is 6.10 Å². The van der Waals surface area contributed by atoms with Gasteiger partial charge < -0.3 is 25.2 Å². The van der Waals surface area contributed by atoms with Crippen molar-refractivity contribution in [2.75, 3.05) is 6.54 Å². The van der Waals surface area contributed by atoms with Gasteiger partial charge >= 0.3 is 6.18 Å². The minimum atomic E-state index is -4.82. The Morgan fingerprint density at radius 1 is 1.00 bits per heavy atom. The molecule has 0 saturated heterocycles. The van der Waals surface area contributed by atoms with Crippen molar-refractivity contribution in [2.45, 2.75) is 12.3 Å². The van der Waals surface area contributed by atoms with Crippen LogP contribution in [0.25, 0.3) is 34.3 Å². The molecule has 35 heavy (non-hydrogen) atoms. The molecule has 0 fully saturated rings. The van der Waals surface area contributed by atoms with Crippen LogP contribution in [0.1, 0.15) is 17.2 Å². The van der Waals surface area contributed by atoms with Crippen LogP contribution in [0.15, 0.2) is 63.6 Å². The second-order valence-corrected chi connectivity index (χ2v) is 7.23. The minimum absolute atomic E-state index is 0.0648. The molecule has 4 aromatic rings. The number of aromatic nitrogens is 3. The molecular weight excluding hydrogens is 471 g/mol. The largest absolute Gasteiger partial charge is 0.422 e. The van der Waals surface area contributed by atoms with Crippen LogP contribution in [-0.2, 0) is 15.8 Å². The van der Waals surface area contributed by atoms with Gasteiger partial charge in [0.05, 0.1) is 6.54 Å². The number of benzene rings is 2. The van der Waals surface area contributed by atoms with Crippen LogP contribution < -0.4 is 11.1 Å². The fourth-order valence-electron chi connectivity index (χ4n) is 3.16. The fourth-order valence-corrected chi connectivity index (χ4v) is 3.16. The van der Waals surface area contributed by atoms with Gasteiger partial charge in [-0.2, -0.15) is 18.2 Å². The summed E-state index contributed by atoms with van der Waals surface area (Å²) in [5, 5.41) is 19.5. The molecule has 10 nitrogen and oxygen atoms in total. The van der Waals surface area contributed by atoms with E-state index in [1.807, 2.05) is 0 Å². The lowest BCUT2D eigenvalue weighted by molar-refractivity contribution is -0.137. The summed E-state index contributed by atoms with van der Waals surface area (Å²) in [7, 11) is 0. The van der Waals surface area contributed by atoms with Gasteiger partial charge in [-0.15, -0.1) is 0 Å². The first-order chi connectivity index (χ1) is 16.6. The Labute approximate surface area is 194 Å². The van der Waals surface area contributed by atoms with Crippen molar-refractivity contribution in [3.8, 4) is 34.3 Å². The number of nitrogens with one attached hydrogen (secondary N) is 1. The number of aliphatic hydroxyl groups excluding tert-OH is 1. The average molecular weight is 487 g/mol. The first-order valence-corrected chi connectivity index (χ1v) is 9.96. The molecule has 2 aromatic carbocycles. The number of nitrogens with two attached hydrogens (primary N) is 1. The molecule has 0 radical (unpaired) electrons. The summed E-state index contributed by atoms with van der Waals surface area (Å²) in [6, 6.07) is 13.3. The third-order valence-corrected chi connectivity index (χ3v) is 4.81. The highest BCUT2D eigenvalue weighted by Crippen LogP contribution is 2.43. The van der Waals surface area contributed by atoms with E-state index < -0.39 is 53.5 Å². The van der Waals surface area contributed by atoms with E-state index in [2.05, 4.69) is 20.6 Å². The summed E-state index contributed by atoms with van der Waals surface area (Å²) in [5.41, 5.74) is 4.08. The molecule has 2 amide bonds. The van der Waals surface area contributed by atoms with E-state index in [1.165, 1.54) is 36.4 Å². The van der Waals surface area contributed by atoms with Gasteiger partial charge in [-0.3, -0.25) is 9.59 Å². The molecule has 1 unspecified atom stereocenters. The Kier molecular flexibility index (Phi) is 6.34. The van der Waals surface area contributed by atoms with E-state index in [4.69, 9.17) is 14.8 Å². The van der Waals surface area contributed by atoms with Crippen molar-refractivity contribution in [2.24, 2.45) is 5.73 Å². The number of amides is 2. The summed E-state index contributed by atoms with van der Waals surface area (Å²) in [4.78, 5) is 26.6. The molecule has 13 heteroatoms. The van der Waals surface area contributed by atoms with Gasteiger partial charge in [0, 0.05) is 11.1 Å². The highest BCUT2D eigenvalue weighted by atomic mass is 19.4. The SMILES string of the molecule is NC(=O)CNC(=O)C(O)c1ccc(-c2noc(-c3onc(-c4ccccc4)c3C(F)(F)F)n2)cc1. The van der Waals surface area contributed by atoms with Crippen molar-refractivity contribution in [1.29, 1.82) is 0 Å². The van der Waals surface area contributed by atoms with Crippen molar-refractivity contribution >= 4 is 11.8 Å². The predicted octanol–water partition coefficient (Wildman–Crippen LogP) is 2.71. The van der Waals surface area contributed by atoms with E-state index in [0.717, 1.165) is 0 Å². The maximum absolute atomic E-state index is 13.9. The highest BCUT2D eigenvalue weighted by molar-refractivity contribution is 5.86. The van der Waals surface area contributed by atoms with E-state index in [9.17, 15) is 27.9 Å². The summed E-state index contributed by atoms with van der Waals surface area (Å²) in [6.45, 7) is -0.437. The number of hydrogen-bond donors (Lipinski definition) is 3.